The predicted octanol–water partition coefficient (Wildman–Crippen LogP) is 5.34. The number of nitrogen functional groups attached to an aromatic ring is 1. The molecule has 0 unspecified atom stereocenters. The van der Waals surface area contributed by atoms with Crippen molar-refractivity contribution < 1.29 is 0 Å². The average Bonchev–Trinajstić information content (AvgIpc) is 2.96. The molecule has 2 aromatic carbocycles. The Kier molecular flexibility index (Phi) is 4.48. The zero-order valence-corrected chi connectivity index (χ0v) is 13.5. The molecule has 0 spiro atoms. The molecule has 0 aliphatic heterocycles. The second kappa shape index (κ2) is 6.52. The molecule has 0 bridgehead atoms. The Balaban J connectivity index is 1.69. The molecule has 2 N–H and O–H groups in total. The van der Waals surface area contributed by atoms with Gasteiger partial charge in [0.25, 0.3) is 0 Å². The highest BCUT2D eigenvalue weighted by atomic mass is 35.5. The summed E-state index contributed by atoms with van der Waals surface area (Å²) in [5, 5.41) is 3.94. The molecule has 0 saturated heterocycles. The number of hydrogen-bond donors (Lipinski definition) is 1. The molecule has 0 saturated carbocycles. The van der Waals surface area contributed by atoms with Gasteiger partial charge in [0.15, 0.2) is 0 Å². The zero-order valence-electron chi connectivity index (χ0n) is 11.1. The maximum atomic E-state index is 5.88. The van der Waals surface area contributed by atoms with Crippen LogP contribution in [0.3, 0.4) is 0 Å². The van der Waals surface area contributed by atoms with Crippen molar-refractivity contribution in [1.29, 1.82) is 0 Å². The first-order chi connectivity index (χ1) is 10.2. The van der Waals surface area contributed by atoms with Gasteiger partial charge in [-0.25, -0.2) is 4.98 Å². The minimum atomic E-state index is 0.762. The van der Waals surface area contributed by atoms with Crippen LogP contribution in [0.4, 0.5) is 5.69 Å². The lowest BCUT2D eigenvalue weighted by atomic mass is 10.1. The number of nitrogens with two attached hydrogens (primary N) is 1. The van der Waals surface area contributed by atoms with Crippen LogP contribution < -0.4 is 5.73 Å². The molecule has 5 heteroatoms. The van der Waals surface area contributed by atoms with Gasteiger partial charge < -0.3 is 5.73 Å². The van der Waals surface area contributed by atoms with Gasteiger partial charge in [0.1, 0.15) is 5.01 Å². The van der Waals surface area contributed by atoms with Crippen molar-refractivity contribution in [2.24, 2.45) is 0 Å². The van der Waals surface area contributed by atoms with E-state index in [0.29, 0.717) is 0 Å². The van der Waals surface area contributed by atoms with Crippen molar-refractivity contribution in [3.8, 4) is 11.3 Å². The van der Waals surface area contributed by atoms with Crippen LogP contribution in [0.15, 0.2) is 58.8 Å². The molecule has 21 heavy (non-hydrogen) atoms. The molecular formula is C16H13ClN2S2. The number of aromatic nitrogens is 1. The lowest BCUT2D eigenvalue weighted by Crippen LogP contribution is -1.86. The molecule has 1 aromatic heterocycles. The minimum absolute atomic E-state index is 0.762. The summed E-state index contributed by atoms with van der Waals surface area (Å²) in [5.74, 6) is 0.856. The van der Waals surface area contributed by atoms with Gasteiger partial charge in [0.05, 0.1) is 11.4 Å². The number of nitrogens with zero attached hydrogens (tertiary/aromatic N) is 1. The third-order valence-corrected chi connectivity index (χ3v) is 5.22. The van der Waals surface area contributed by atoms with Gasteiger partial charge in [-0.05, 0) is 36.4 Å². The largest absolute Gasteiger partial charge is 0.399 e. The Morgan fingerprint density at radius 3 is 2.71 bits per heavy atom. The van der Waals surface area contributed by atoms with Gasteiger partial charge in [-0.2, -0.15) is 0 Å². The molecule has 0 aliphatic rings. The normalized spacial score (nSPS) is 10.7. The number of thiazole rings is 1. The van der Waals surface area contributed by atoms with E-state index in [1.807, 2.05) is 48.5 Å². The molecule has 0 atom stereocenters. The van der Waals surface area contributed by atoms with Gasteiger partial charge in [0.2, 0.25) is 0 Å². The third kappa shape index (κ3) is 3.79. The smallest absolute Gasteiger partial charge is 0.104 e. The van der Waals surface area contributed by atoms with Gasteiger partial charge in [-0.3, -0.25) is 0 Å². The summed E-state index contributed by atoms with van der Waals surface area (Å²) < 4.78 is 0. The fourth-order valence-corrected chi connectivity index (χ4v) is 3.73. The van der Waals surface area contributed by atoms with Gasteiger partial charge in [-0.15, -0.1) is 23.1 Å². The molecular weight excluding hydrogens is 320 g/mol. The Hall–Kier alpha value is -1.49. The standard InChI is InChI=1S/C16H13ClN2S2/c17-12-4-6-14(7-5-12)20-10-16-19-15(9-21-16)11-2-1-3-13(18)8-11/h1-9H,10,18H2. The second-order valence-corrected chi connectivity index (χ2v) is 6.92. The maximum Gasteiger partial charge on any atom is 0.104 e. The SMILES string of the molecule is Nc1cccc(-c2csc(CSc3ccc(Cl)cc3)n2)c1. The van der Waals surface area contributed by atoms with Crippen molar-refractivity contribution in [1.82, 2.24) is 4.98 Å². The van der Waals surface area contributed by atoms with Crippen LogP contribution in [0, 0.1) is 0 Å². The summed E-state index contributed by atoms with van der Waals surface area (Å²) in [5.41, 5.74) is 8.62. The summed E-state index contributed by atoms with van der Waals surface area (Å²) >= 11 is 9.32. The molecule has 2 nitrogen and oxygen atoms in total. The second-order valence-electron chi connectivity index (χ2n) is 4.49. The number of anilines is 1. The molecule has 1 heterocycles. The van der Waals surface area contributed by atoms with Crippen LogP contribution in [0.5, 0.6) is 0 Å². The van der Waals surface area contributed by atoms with Gasteiger partial charge in [0, 0.05) is 26.5 Å². The van der Waals surface area contributed by atoms with Gasteiger partial charge in [-0.1, -0.05) is 23.7 Å². The highest BCUT2D eigenvalue weighted by molar-refractivity contribution is 7.98. The first-order valence-corrected chi connectivity index (χ1v) is 8.64. The lowest BCUT2D eigenvalue weighted by molar-refractivity contribution is 1.26. The summed E-state index contributed by atoms with van der Waals surface area (Å²) in [4.78, 5) is 5.86. The Morgan fingerprint density at radius 1 is 1.14 bits per heavy atom. The van der Waals surface area contributed by atoms with E-state index in [9.17, 15) is 0 Å². The lowest BCUT2D eigenvalue weighted by Gasteiger charge is -2.00. The Bertz CT molecular complexity index is 738. The zero-order chi connectivity index (χ0) is 14.7. The van der Waals surface area contributed by atoms with Crippen LogP contribution in [0.2, 0.25) is 5.02 Å². The van der Waals surface area contributed by atoms with Crippen molar-refractivity contribution >= 4 is 40.4 Å². The van der Waals surface area contributed by atoms with Crippen LogP contribution in [-0.2, 0) is 5.75 Å². The summed E-state index contributed by atoms with van der Waals surface area (Å²) in [6, 6.07) is 15.7. The Labute approximate surface area is 137 Å². The van der Waals surface area contributed by atoms with Crippen LogP contribution in [0.25, 0.3) is 11.3 Å². The van der Waals surface area contributed by atoms with Crippen molar-refractivity contribution in [2.75, 3.05) is 5.73 Å². The molecule has 0 amide bonds. The van der Waals surface area contributed by atoms with E-state index in [-0.39, 0.29) is 0 Å². The summed E-state index contributed by atoms with van der Waals surface area (Å²) in [6.45, 7) is 0. The molecule has 3 aromatic rings. The van der Waals surface area contributed by atoms with Crippen LogP contribution in [-0.4, -0.2) is 4.98 Å². The molecule has 3 rings (SSSR count). The van der Waals surface area contributed by atoms with Gasteiger partial charge >= 0.3 is 0 Å². The van der Waals surface area contributed by atoms with Crippen molar-refractivity contribution in [2.45, 2.75) is 10.6 Å². The third-order valence-electron chi connectivity index (χ3n) is 2.91. The fraction of sp³-hybridized carbons (Fsp3) is 0.0625. The molecule has 0 aliphatic carbocycles. The highest BCUT2D eigenvalue weighted by Crippen LogP contribution is 2.28. The number of thioether (sulfide) groups is 1. The van der Waals surface area contributed by atoms with Crippen LogP contribution in [0.1, 0.15) is 5.01 Å². The van der Waals surface area contributed by atoms with Crippen molar-refractivity contribution in [3.63, 3.8) is 0 Å². The molecule has 0 radical (unpaired) electrons. The monoisotopic (exact) mass is 332 g/mol. The quantitative estimate of drug-likeness (QED) is 0.518. The van der Waals surface area contributed by atoms with E-state index in [1.165, 1.54) is 4.90 Å². The first-order valence-electron chi connectivity index (χ1n) is 6.39. The number of halogens is 1. The number of hydrogen-bond acceptors (Lipinski definition) is 4. The Morgan fingerprint density at radius 2 is 1.95 bits per heavy atom. The topological polar surface area (TPSA) is 38.9 Å². The minimum Gasteiger partial charge on any atom is -0.399 e. The number of benzene rings is 2. The van der Waals surface area contributed by atoms with E-state index >= 15 is 0 Å². The predicted molar refractivity (Wildman–Crippen MR) is 93.0 cm³/mol. The average molecular weight is 333 g/mol. The highest BCUT2D eigenvalue weighted by Gasteiger charge is 2.05. The molecule has 0 fully saturated rings. The maximum absolute atomic E-state index is 5.88. The summed E-state index contributed by atoms with van der Waals surface area (Å²) in [6.07, 6.45) is 0. The fourth-order valence-electron chi connectivity index (χ4n) is 1.88. The van der Waals surface area contributed by atoms with E-state index in [4.69, 9.17) is 17.3 Å². The van der Waals surface area contributed by atoms with Crippen LogP contribution >= 0.6 is 34.7 Å². The van der Waals surface area contributed by atoms with E-state index in [2.05, 4.69) is 10.4 Å². The number of rotatable bonds is 4. The van der Waals surface area contributed by atoms with E-state index in [0.717, 1.165) is 32.7 Å². The van der Waals surface area contributed by atoms with Crippen molar-refractivity contribution in [3.05, 3.63) is 63.9 Å². The van der Waals surface area contributed by atoms with E-state index < -0.39 is 0 Å². The summed E-state index contributed by atoms with van der Waals surface area (Å²) in [7, 11) is 0. The van der Waals surface area contributed by atoms with E-state index in [1.54, 1.807) is 23.1 Å². The first kappa shape index (κ1) is 14.4. The molecule has 106 valence electrons.